The molecule has 0 saturated carbocycles. The number of hydrogen-bond acceptors (Lipinski definition) is 6. The zero-order valence-electron chi connectivity index (χ0n) is 15.7. The van der Waals surface area contributed by atoms with Crippen LogP contribution in [-0.2, 0) is 11.3 Å². The van der Waals surface area contributed by atoms with Crippen molar-refractivity contribution in [2.24, 2.45) is 5.41 Å². The second kappa shape index (κ2) is 8.37. The SMILES string of the molecule is CCC[C@@]1(C(=O)O)CN(Cc2cnc(-c3cccc(OC)c3)s2)CC[C@H]1O. The van der Waals surface area contributed by atoms with Crippen LogP contribution < -0.4 is 4.74 Å². The smallest absolute Gasteiger partial charge is 0.313 e. The highest BCUT2D eigenvalue weighted by Crippen LogP contribution is 2.37. The van der Waals surface area contributed by atoms with Gasteiger partial charge in [0.1, 0.15) is 16.2 Å². The molecule has 7 heteroatoms. The highest BCUT2D eigenvalue weighted by Gasteiger charge is 2.48. The van der Waals surface area contributed by atoms with Gasteiger partial charge in [-0.1, -0.05) is 25.5 Å². The zero-order chi connectivity index (χ0) is 19.4. The van der Waals surface area contributed by atoms with Gasteiger partial charge in [0, 0.05) is 36.3 Å². The number of rotatable bonds is 7. The number of hydrogen-bond donors (Lipinski definition) is 2. The summed E-state index contributed by atoms with van der Waals surface area (Å²) in [5, 5.41) is 21.1. The van der Waals surface area contributed by atoms with Crippen molar-refractivity contribution in [2.75, 3.05) is 20.2 Å². The molecule has 1 fully saturated rings. The molecule has 1 aliphatic rings. The molecule has 2 heterocycles. The third-order valence-electron chi connectivity index (χ3n) is 5.23. The first-order valence-corrected chi connectivity index (χ1v) is 10.0. The number of carbonyl (C=O) groups is 1. The van der Waals surface area contributed by atoms with E-state index in [1.165, 1.54) is 0 Å². The van der Waals surface area contributed by atoms with Crippen LogP contribution >= 0.6 is 11.3 Å². The molecule has 0 spiro atoms. The van der Waals surface area contributed by atoms with Gasteiger partial charge in [0.25, 0.3) is 0 Å². The number of benzene rings is 1. The first kappa shape index (κ1) is 19.8. The van der Waals surface area contributed by atoms with Crippen LogP contribution in [0.25, 0.3) is 10.6 Å². The second-order valence-corrected chi connectivity index (χ2v) is 8.21. The molecule has 2 atom stereocenters. The van der Waals surface area contributed by atoms with Crippen LogP contribution in [0.15, 0.2) is 30.5 Å². The summed E-state index contributed by atoms with van der Waals surface area (Å²) in [6.45, 7) is 3.66. The van der Waals surface area contributed by atoms with E-state index < -0.39 is 17.5 Å². The van der Waals surface area contributed by atoms with Crippen LogP contribution in [-0.4, -0.2) is 52.4 Å². The summed E-state index contributed by atoms with van der Waals surface area (Å²) < 4.78 is 5.27. The topological polar surface area (TPSA) is 82.9 Å². The Hall–Kier alpha value is -1.96. The Morgan fingerprint density at radius 3 is 3.00 bits per heavy atom. The highest BCUT2D eigenvalue weighted by atomic mass is 32.1. The lowest BCUT2D eigenvalue weighted by Gasteiger charge is -2.43. The number of ether oxygens (including phenoxy) is 1. The molecule has 146 valence electrons. The van der Waals surface area contributed by atoms with E-state index in [1.54, 1.807) is 18.4 Å². The molecule has 1 aromatic carbocycles. The van der Waals surface area contributed by atoms with Crippen LogP contribution in [0.1, 0.15) is 31.1 Å². The van der Waals surface area contributed by atoms with E-state index in [2.05, 4.69) is 9.88 Å². The predicted molar refractivity (Wildman–Crippen MR) is 105 cm³/mol. The van der Waals surface area contributed by atoms with Crippen LogP contribution in [0, 0.1) is 5.41 Å². The standard InChI is InChI=1S/C20H26N2O4S/c1-3-8-20(19(24)25)13-22(9-7-17(20)23)12-16-11-21-18(27-16)14-5-4-6-15(10-14)26-2/h4-6,10-11,17,23H,3,7-9,12-13H2,1-2H3,(H,24,25)/t17-,20-/m1/s1. The average Bonchev–Trinajstić information content (AvgIpc) is 3.13. The third-order valence-corrected chi connectivity index (χ3v) is 6.27. The maximum absolute atomic E-state index is 11.9. The fraction of sp³-hybridized carbons (Fsp3) is 0.500. The van der Waals surface area contributed by atoms with E-state index in [1.807, 2.05) is 37.4 Å². The number of aliphatic carboxylic acids is 1. The van der Waals surface area contributed by atoms with Crippen molar-refractivity contribution in [3.05, 3.63) is 35.3 Å². The van der Waals surface area contributed by atoms with E-state index in [9.17, 15) is 15.0 Å². The van der Waals surface area contributed by atoms with E-state index in [0.717, 1.165) is 27.6 Å². The minimum Gasteiger partial charge on any atom is -0.497 e. The van der Waals surface area contributed by atoms with Gasteiger partial charge in [0.05, 0.1) is 13.2 Å². The fourth-order valence-corrected chi connectivity index (χ4v) is 4.75. The van der Waals surface area contributed by atoms with Crippen molar-refractivity contribution in [1.82, 2.24) is 9.88 Å². The monoisotopic (exact) mass is 390 g/mol. The summed E-state index contributed by atoms with van der Waals surface area (Å²) in [4.78, 5) is 19.6. The van der Waals surface area contributed by atoms with Gasteiger partial charge in [-0.15, -0.1) is 11.3 Å². The Morgan fingerprint density at radius 1 is 1.48 bits per heavy atom. The molecule has 0 aliphatic carbocycles. The molecule has 2 aromatic rings. The molecule has 0 amide bonds. The molecule has 6 nitrogen and oxygen atoms in total. The molecule has 2 N–H and O–H groups in total. The normalized spacial score (nSPS) is 23.3. The van der Waals surface area contributed by atoms with Crippen molar-refractivity contribution < 1.29 is 19.7 Å². The molecule has 27 heavy (non-hydrogen) atoms. The van der Waals surface area contributed by atoms with Gasteiger partial charge in [-0.2, -0.15) is 0 Å². The van der Waals surface area contributed by atoms with Crippen molar-refractivity contribution in [2.45, 2.75) is 38.8 Å². The Bertz CT molecular complexity index is 794. The summed E-state index contributed by atoms with van der Waals surface area (Å²) >= 11 is 1.60. The van der Waals surface area contributed by atoms with Crippen molar-refractivity contribution in [1.29, 1.82) is 0 Å². The molecule has 0 radical (unpaired) electrons. The minimum absolute atomic E-state index is 0.365. The number of likely N-dealkylation sites (tertiary alicyclic amines) is 1. The van der Waals surface area contributed by atoms with Gasteiger partial charge in [0.15, 0.2) is 0 Å². The number of carboxylic acid groups (broad SMARTS) is 1. The number of thiazole rings is 1. The Morgan fingerprint density at radius 2 is 2.30 bits per heavy atom. The second-order valence-electron chi connectivity index (χ2n) is 7.09. The van der Waals surface area contributed by atoms with Crippen LogP contribution in [0.3, 0.4) is 0 Å². The number of aliphatic hydroxyl groups excluding tert-OH is 1. The lowest BCUT2D eigenvalue weighted by atomic mass is 9.74. The number of aliphatic hydroxyl groups is 1. The summed E-state index contributed by atoms with van der Waals surface area (Å²) in [6, 6.07) is 7.79. The number of nitrogens with zero attached hydrogens (tertiary/aromatic N) is 2. The molecular weight excluding hydrogens is 364 g/mol. The number of carboxylic acids is 1. The Balaban J connectivity index is 1.74. The van der Waals surface area contributed by atoms with Gasteiger partial charge in [-0.05, 0) is 25.0 Å². The predicted octanol–water partition coefficient (Wildman–Crippen LogP) is 3.26. The number of methoxy groups -OCH3 is 1. The number of piperidine rings is 1. The van der Waals surface area contributed by atoms with Crippen LogP contribution in [0.5, 0.6) is 5.75 Å². The van der Waals surface area contributed by atoms with Gasteiger partial charge < -0.3 is 14.9 Å². The van der Waals surface area contributed by atoms with Gasteiger partial charge in [-0.3, -0.25) is 9.69 Å². The zero-order valence-corrected chi connectivity index (χ0v) is 16.5. The van der Waals surface area contributed by atoms with E-state index >= 15 is 0 Å². The first-order valence-electron chi connectivity index (χ1n) is 9.21. The summed E-state index contributed by atoms with van der Waals surface area (Å²) in [6.07, 6.45) is 2.76. The minimum atomic E-state index is -1.08. The maximum atomic E-state index is 11.9. The molecule has 0 bridgehead atoms. The lowest BCUT2D eigenvalue weighted by molar-refractivity contribution is -0.164. The van der Waals surface area contributed by atoms with Crippen molar-refractivity contribution in [3.63, 3.8) is 0 Å². The maximum Gasteiger partial charge on any atom is 0.313 e. The third kappa shape index (κ3) is 4.15. The summed E-state index contributed by atoms with van der Waals surface area (Å²) in [7, 11) is 1.64. The van der Waals surface area contributed by atoms with Crippen molar-refractivity contribution >= 4 is 17.3 Å². The molecule has 0 unspecified atom stereocenters. The largest absolute Gasteiger partial charge is 0.497 e. The lowest BCUT2D eigenvalue weighted by Crippen LogP contribution is -2.55. The van der Waals surface area contributed by atoms with Gasteiger partial charge in [0.2, 0.25) is 0 Å². The molecular formula is C20H26N2O4S. The summed E-state index contributed by atoms with van der Waals surface area (Å²) in [5.41, 5.74) is -0.0710. The Kier molecular flexibility index (Phi) is 6.14. The number of aromatic nitrogens is 1. The molecule has 1 aliphatic heterocycles. The van der Waals surface area contributed by atoms with Gasteiger partial charge >= 0.3 is 5.97 Å². The highest BCUT2D eigenvalue weighted by molar-refractivity contribution is 7.15. The molecule has 1 saturated heterocycles. The molecule has 1 aromatic heterocycles. The van der Waals surface area contributed by atoms with Crippen LogP contribution in [0.2, 0.25) is 0 Å². The quantitative estimate of drug-likeness (QED) is 0.755. The summed E-state index contributed by atoms with van der Waals surface area (Å²) in [5.74, 6) is -0.108. The van der Waals surface area contributed by atoms with Crippen molar-refractivity contribution in [3.8, 4) is 16.3 Å². The Labute approximate surface area is 163 Å². The molecule has 3 rings (SSSR count). The average molecular weight is 391 g/mol. The first-order chi connectivity index (χ1) is 13.0. The fourth-order valence-electron chi connectivity index (χ4n) is 3.80. The van der Waals surface area contributed by atoms with E-state index in [0.29, 0.717) is 32.5 Å². The van der Waals surface area contributed by atoms with Gasteiger partial charge in [-0.25, -0.2) is 4.98 Å². The van der Waals surface area contributed by atoms with E-state index in [-0.39, 0.29) is 0 Å². The van der Waals surface area contributed by atoms with E-state index in [4.69, 9.17) is 4.74 Å². The van der Waals surface area contributed by atoms with Crippen LogP contribution in [0.4, 0.5) is 0 Å².